The molecule has 1 amide bonds. The predicted octanol–water partition coefficient (Wildman–Crippen LogP) is 2.57. The number of alkyl halides is 1. The van der Waals surface area contributed by atoms with Gasteiger partial charge >= 0.3 is 0 Å². The van der Waals surface area contributed by atoms with Gasteiger partial charge in [0.2, 0.25) is 5.91 Å². The summed E-state index contributed by atoms with van der Waals surface area (Å²) in [6.07, 6.45) is 0. The van der Waals surface area contributed by atoms with Crippen LogP contribution in [-0.4, -0.2) is 11.2 Å². The molecule has 0 radical (unpaired) electrons. The zero-order chi connectivity index (χ0) is 10.6. The molecule has 1 aromatic carbocycles. The van der Waals surface area contributed by atoms with Crippen LogP contribution in [0.5, 0.6) is 0 Å². The Morgan fingerprint density at radius 2 is 2.00 bits per heavy atom. The van der Waals surface area contributed by atoms with E-state index in [0.717, 1.165) is 5.56 Å². The summed E-state index contributed by atoms with van der Waals surface area (Å²) in [5.74, 6) is 0.0121. The standard InChI is InChI=1S/C11H14BrNO/c1-8-3-5-10(6-4-8)9(2)13-11(14)7-12/h3-6,9H,7H2,1-2H3,(H,13,14). The fourth-order valence-electron chi connectivity index (χ4n) is 1.22. The van der Waals surface area contributed by atoms with E-state index < -0.39 is 0 Å². The summed E-state index contributed by atoms with van der Waals surface area (Å²) in [6, 6.07) is 8.24. The second-order valence-electron chi connectivity index (χ2n) is 3.33. The molecule has 1 rings (SSSR count). The first-order chi connectivity index (χ1) is 6.63. The molecule has 1 atom stereocenters. The van der Waals surface area contributed by atoms with Crippen LogP contribution in [0.2, 0.25) is 0 Å². The zero-order valence-electron chi connectivity index (χ0n) is 8.38. The number of halogens is 1. The Morgan fingerprint density at radius 1 is 1.43 bits per heavy atom. The molecule has 2 nitrogen and oxygen atoms in total. The van der Waals surface area contributed by atoms with Gasteiger partial charge in [0.25, 0.3) is 0 Å². The molecule has 0 fully saturated rings. The molecular weight excluding hydrogens is 242 g/mol. The molecule has 0 aliphatic rings. The SMILES string of the molecule is Cc1ccc(C(C)NC(=O)CBr)cc1. The number of hydrogen-bond donors (Lipinski definition) is 1. The van der Waals surface area contributed by atoms with Gasteiger partial charge in [0.05, 0.1) is 11.4 Å². The van der Waals surface area contributed by atoms with Gasteiger partial charge in [-0.3, -0.25) is 4.79 Å². The first-order valence-corrected chi connectivity index (χ1v) is 5.67. The van der Waals surface area contributed by atoms with E-state index in [1.165, 1.54) is 5.56 Å². The average Bonchev–Trinajstić information content (AvgIpc) is 2.18. The summed E-state index contributed by atoms with van der Waals surface area (Å²) in [6.45, 7) is 4.02. The molecule has 0 aliphatic carbocycles. The van der Waals surface area contributed by atoms with Crippen LogP contribution in [0.4, 0.5) is 0 Å². The first-order valence-electron chi connectivity index (χ1n) is 4.55. The van der Waals surface area contributed by atoms with Crippen LogP contribution < -0.4 is 5.32 Å². The molecule has 0 bridgehead atoms. The lowest BCUT2D eigenvalue weighted by Gasteiger charge is -2.13. The van der Waals surface area contributed by atoms with Crippen molar-refractivity contribution >= 4 is 21.8 Å². The van der Waals surface area contributed by atoms with E-state index in [9.17, 15) is 4.79 Å². The minimum atomic E-state index is 0.0121. The van der Waals surface area contributed by atoms with E-state index in [4.69, 9.17) is 0 Å². The van der Waals surface area contributed by atoms with Crippen LogP contribution in [0.1, 0.15) is 24.1 Å². The number of aryl methyl sites for hydroxylation is 1. The van der Waals surface area contributed by atoms with Crippen LogP contribution in [0.3, 0.4) is 0 Å². The van der Waals surface area contributed by atoms with E-state index >= 15 is 0 Å². The van der Waals surface area contributed by atoms with E-state index in [2.05, 4.69) is 21.2 Å². The summed E-state index contributed by atoms with van der Waals surface area (Å²) in [4.78, 5) is 11.1. The molecular formula is C11H14BrNO. The highest BCUT2D eigenvalue weighted by atomic mass is 79.9. The van der Waals surface area contributed by atoms with E-state index in [-0.39, 0.29) is 11.9 Å². The van der Waals surface area contributed by atoms with E-state index in [1.54, 1.807) is 0 Å². The van der Waals surface area contributed by atoms with Gasteiger partial charge in [-0.15, -0.1) is 0 Å². The Bertz CT molecular complexity index is 308. The maximum atomic E-state index is 11.1. The number of nitrogens with one attached hydrogen (secondary N) is 1. The lowest BCUT2D eigenvalue weighted by Crippen LogP contribution is -2.27. The molecule has 76 valence electrons. The molecule has 0 saturated heterocycles. The van der Waals surface area contributed by atoms with Crippen molar-refractivity contribution in [2.45, 2.75) is 19.9 Å². The summed E-state index contributed by atoms with van der Waals surface area (Å²) in [5, 5.41) is 3.23. The lowest BCUT2D eigenvalue weighted by molar-refractivity contribution is -0.119. The highest BCUT2D eigenvalue weighted by Gasteiger charge is 2.07. The van der Waals surface area contributed by atoms with Crippen molar-refractivity contribution in [1.29, 1.82) is 0 Å². The normalized spacial score (nSPS) is 12.2. The quantitative estimate of drug-likeness (QED) is 0.827. The van der Waals surface area contributed by atoms with Gasteiger partial charge in [-0.25, -0.2) is 0 Å². The maximum absolute atomic E-state index is 11.1. The second kappa shape index (κ2) is 5.15. The third-order valence-corrected chi connectivity index (χ3v) is 2.59. The molecule has 1 aromatic rings. The van der Waals surface area contributed by atoms with Crippen molar-refractivity contribution in [2.75, 3.05) is 5.33 Å². The van der Waals surface area contributed by atoms with Gasteiger partial charge in [0, 0.05) is 0 Å². The molecule has 3 heteroatoms. The van der Waals surface area contributed by atoms with Crippen molar-refractivity contribution in [3.8, 4) is 0 Å². The largest absolute Gasteiger partial charge is 0.349 e. The number of carbonyl (C=O) groups is 1. The monoisotopic (exact) mass is 255 g/mol. The van der Waals surface area contributed by atoms with Crippen molar-refractivity contribution in [3.05, 3.63) is 35.4 Å². The lowest BCUT2D eigenvalue weighted by atomic mass is 10.1. The Labute approximate surface area is 92.8 Å². The smallest absolute Gasteiger partial charge is 0.231 e. The Balaban J connectivity index is 2.65. The number of benzene rings is 1. The highest BCUT2D eigenvalue weighted by Crippen LogP contribution is 2.12. The van der Waals surface area contributed by atoms with Gasteiger partial charge in [-0.05, 0) is 19.4 Å². The van der Waals surface area contributed by atoms with E-state index in [1.807, 2.05) is 38.1 Å². The van der Waals surface area contributed by atoms with Crippen LogP contribution in [0.25, 0.3) is 0 Å². The Kier molecular flexibility index (Phi) is 4.14. The van der Waals surface area contributed by atoms with Crippen LogP contribution in [0.15, 0.2) is 24.3 Å². The first kappa shape index (κ1) is 11.2. The number of rotatable bonds is 3. The Hall–Kier alpha value is -0.830. The van der Waals surface area contributed by atoms with E-state index in [0.29, 0.717) is 5.33 Å². The maximum Gasteiger partial charge on any atom is 0.231 e. The molecule has 0 spiro atoms. The zero-order valence-corrected chi connectivity index (χ0v) is 9.97. The molecule has 0 saturated carbocycles. The van der Waals surface area contributed by atoms with Gasteiger partial charge in [-0.2, -0.15) is 0 Å². The third kappa shape index (κ3) is 3.14. The summed E-state index contributed by atoms with van der Waals surface area (Å²) >= 11 is 3.12. The van der Waals surface area contributed by atoms with Crippen molar-refractivity contribution in [3.63, 3.8) is 0 Å². The number of hydrogen-bond acceptors (Lipinski definition) is 1. The third-order valence-electron chi connectivity index (χ3n) is 2.08. The highest BCUT2D eigenvalue weighted by molar-refractivity contribution is 9.09. The molecule has 1 N–H and O–H groups in total. The Morgan fingerprint density at radius 3 is 2.50 bits per heavy atom. The summed E-state index contributed by atoms with van der Waals surface area (Å²) < 4.78 is 0. The molecule has 0 heterocycles. The minimum Gasteiger partial charge on any atom is -0.349 e. The fourth-order valence-corrected chi connectivity index (χ4v) is 1.38. The topological polar surface area (TPSA) is 29.1 Å². The average molecular weight is 256 g/mol. The van der Waals surface area contributed by atoms with Crippen molar-refractivity contribution < 1.29 is 4.79 Å². The molecule has 1 unspecified atom stereocenters. The van der Waals surface area contributed by atoms with Gasteiger partial charge in [-0.1, -0.05) is 45.8 Å². The van der Waals surface area contributed by atoms with Gasteiger partial charge in [0.1, 0.15) is 0 Å². The second-order valence-corrected chi connectivity index (χ2v) is 3.89. The van der Waals surface area contributed by atoms with Crippen molar-refractivity contribution in [1.82, 2.24) is 5.32 Å². The van der Waals surface area contributed by atoms with Crippen LogP contribution in [-0.2, 0) is 4.79 Å². The fraction of sp³-hybridized carbons (Fsp3) is 0.364. The van der Waals surface area contributed by atoms with Gasteiger partial charge < -0.3 is 5.32 Å². The van der Waals surface area contributed by atoms with Gasteiger partial charge in [0.15, 0.2) is 0 Å². The number of carbonyl (C=O) groups excluding carboxylic acids is 1. The minimum absolute atomic E-state index is 0.0121. The summed E-state index contributed by atoms with van der Waals surface area (Å²) in [7, 11) is 0. The van der Waals surface area contributed by atoms with Crippen LogP contribution >= 0.6 is 15.9 Å². The molecule has 14 heavy (non-hydrogen) atoms. The van der Waals surface area contributed by atoms with Crippen LogP contribution in [0, 0.1) is 6.92 Å². The number of amides is 1. The summed E-state index contributed by atoms with van der Waals surface area (Å²) in [5.41, 5.74) is 2.36. The molecule has 0 aromatic heterocycles. The predicted molar refractivity (Wildman–Crippen MR) is 61.5 cm³/mol. The van der Waals surface area contributed by atoms with Crippen molar-refractivity contribution in [2.24, 2.45) is 0 Å². The molecule has 0 aliphatic heterocycles.